The van der Waals surface area contributed by atoms with Crippen LogP contribution in [-0.2, 0) is 19.3 Å². The van der Waals surface area contributed by atoms with E-state index in [2.05, 4.69) is 33.9 Å². The number of carboxylic acids is 1. The van der Waals surface area contributed by atoms with Gasteiger partial charge < -0.3 is 14.7 Å². The molecule has 2 aromatic carbocycles. The third-order valence-corrected chi connectivity index (χ3v) is 4.03. The van der Waals surface area contributed by atoms with E-state index in [1.54, 1.807) is 6.08 Å². The lowest BCUT2D eigenvalue weighted by molar-refractivity contribution is -0.305. The fourth-order valence-electron chi connectivity index (χ4n) is 3.03. The Kier molecular flexibility index (Phi) is 4.93. The molecule has 0 spiro atoms. The highest BCUT2D eigenvalue weighted by Crippen LogP contribution is 2.46. The van der Waals surface area contributed by atoms with E-state index in [0.29, 0.717) is 6.42 Å². The van der Waals surface area contributed by atoms with Crippen LogP contribution >= 0.6 is 0 Å². The van der Waals surface area contributed by atoms with Gasteiger partial charge in [0.05, 0.1) is 0 Å². The molecule has 0 saturated heterocycles. The second-order valence-corrected chi connectivity index (χ2v) is 5.44. The van der Waals surface area contributed by atoms with Gasteiger partial charge in [0.1, 0.15) is 0 Å². The van der Waals surface area contributed by atoms with Gasteiger partial charge in [-0.3, -0.25) is 0 Å². The van der Waals surface area contributed by atoms with E-state index in [-0.39, 0.29) is 18.5 Å². The van der Waals surface area contributed by atoms with Crippen LogP contribution in [0.5, 0.6) is 0 Å². The number of allylic oxidation sites excluding steroid dienone is 1. The van der Waals surface area contributed by atoms with Gasteiger partial charge in [-0.15, -0.1) is 0 Å². The lowest BCUT2D eigenvalue weighted by atomic mass is 9.93. The van der Waals surface area contributed by atoms with Gasteiger partial charge >= 0.3 is 5.97 Å². The molecule has 2 aromatic rings. The summed E-state index contributed by atoms with van der Waals surface area (Å²) in [6.45, 7) is -0.139. The van der Waals surface area contributed by atoms with Crippen molar-refractivity contribution in [2.75, 3.05) is 13.9 Å². The minimum atomic E-state index is -1.18. The van der Waals surface area contributed by atoms with Crippen molar-refractivity contribution in [1.82, 2.24) is 0 Å². The normalized spacial score (nSPS) is 13.5. The molecule has 124 valence electrons. The molecule has 0 heterocycles. The molecule has 0 bridgehead atoms. The first kappa shape index (κ1) is 16.2. The predicted molar refractivity (Wildman–Crippen MR) is 88.1 cm³/mol. The van der Waals surface area contributed by atoms with Crippen LogP contribution in [0.2, 0.25) is 0 Å². The number of rotatable bonds is 7. The summed E-state index contributed by atoms with van der Waals surface area (Å²) >= 11 is 0. The van der Waals surface area contributed by atoms with Crippen LogP contribution in [0.25, 0.3) is 11.1 Å². The molecule has 0 aliphatic heterocycles. The second kappa shape index (κ2) is 7.29. The predicted octanol–water partition coefficient (Wildman–Crippen LogP) is 3.71. The highest BCUT2D eigenvalue weighted by Gasteiger charge is 2.27. The fourth-order valence-corrected chi connectivity index (χ4v) is 3.03. The molecule has 1 aliphatic carbocycles. The van der Waals surface area contributed by atoms with Crippen molar-refractivity contribution in [2.45, 2.75) is 12.3 Å². The number of carboxylic acid groups (broad SMARTS) is 1. The summed E-state index contributed by atoms with van der Waals surface area (Å²) in [5.41, 5.74) is 4.77. The molecular formula is C19H18O5. The summed E-state index contributed by atoms with van der Waals surface area (Å²) in [6.07, 6.45) is 2.05. The number of benzene rings is 2. The Labute approximate surface area is 140 Å². The molecule has 1 aliphatic rings. The molecule has 0 saturated carbocycles. The van der Waals surface area contributed by atoms with E-state index >= 15 is 0 Å². The van der Waals surface area contributed by atoms with E-state index in [0.717, 1.165) is 0 Å². The van der Waals surface area contributed by atoms with Crippen molar-refractivity contribution in [3.05, 3.63) is 71.5 Å². The number of fused-ring (bicyclic) bond motifs is 3. The van der Waals surface area contributed by atoms with Crippen LogP contribution < -0.4 is 0 Å². The molecule has 0 unspecified atom stereocenters. The van der Waals surface area contributed by atoms with Gasteiger partial charge in [-0.2, -0.15) is 4.89 Å². The molecule has 3 rings (SSSR count). The number of carbonyl (C=O) groups is 1. The van der Waals surface area contributed by atoms with Crippen molar-refractivity contribution in [3.8, 4) is 11.1 Å². The van der Waals surface area contributed by atoms with E-state index in [1.165, 1.54) is 29.4 Å². The second-order valence-electron chi connectivity index (χ2n) is 5.44. The Balaban J connectivity index is 1.86. The molecule has 5 nitrogen and oxygen atoms in total. The summed E-state index contributed by atoms with van der Waals surface area (Å²) < 4.78 is 4.68. The van der Waals surface area contributed by atoms with Crippen LogP contribution in [0.1, 0.15) is 23.5 Å². The van der Waals surface area contributed by atoms with Gasteiger partial charge in [-0.25, -0.2) is 4.79 Å². The smallest absolute Gasteiger partial charge is 0.375 e. The molecule has 0 radical (unpaired) electrons. The molecule has 0 amide bonds. The molecule has 24 heavy (non-hydrogen) atoms. The number of hydrogen-bond acceptors (Lipinski definition) is 4. The Bertz CT molecular complexity index is 720. The van der Waals surface area contributed by atoms with Crippen LogP contribution in [0.3, 0.4) is 0 Å². The molecule has 1 N–H and O–H groups in total. The van der Waals surface area contributed by atoms with Gasteiger partial charge in [0, 0.05) is 13.0 Å². The molecular weight excluding hydrogens is 308 g/mol. The third kappa shape index (κ3) is 3.18. The minimum Gasteiger partial charge on any atom is -0.475 e. The molecule has 0 fully saturated rings. The standard InChI is InChI=1S/C19H18O5/c1-22-12-23-24-18(19(20)21)11-10-17-15-8-4-2-6-13(15)14-7-3-5-9-16(14)17/h2-9,11,17H,10,12H2,1H3,(H,20,21). The summed E-state index contributed by atoms with van der Waals surface area (Å²) in [7, 11) is 1.43. The van der Waals surface area contributed by atoms with Crippen molar-refractivity contribution in [2.24, 2.45) is 0 Å². The zero-order valence-corrected chi connectivity index (χ0v) is 13.3. The number of aliphatic carboxylic acids is 1. The average molecular weight is 326 g/mol. The Hall–Kier alpha value is -2.63. The topological polar surface area (TPSA) is 65.0 Å². The SMILES string of the molecule is COCOOC(=CCC1c2ccccc2-c2ccccc21)C(=O)O. The number of ether oxygens (including phenoxy) is 1. The first-order chi connectivity index (χ1) is 11.7. The van der Waals surface area contributed by atoms with Crippen LogP contribution in [0.15, 0.2) is 60.4 Å². The van der Waals surface area contributed by atoms with E-state index in [1.807, 2.05) is 24.3 Å². The first-order valence-corrected chi connectivity index (χ1v) is 7.62. The molecule has 0 atom stereocenters. The van der Waals surface area contributed by atoms with Crippen molar-refractivity contribution < 1.29 is 24.4 Å². The zero-order chi connectivity index (χ0) is 16.9. The van der Waals surface area contributed by atoms with Gasteiger partial charge in [-0.05, 0) is 34.8 Å². The largest absolute Gasteiger partial charge is 0.475 e. The first-order valence-electron chi connectivity index (χ1n) is 7.62. The highest BCUT2D eigenvalue weighted by molar-refractivity contribution is 5.84. The lowest BCUT2D eigenvalue weighted by Crippen LogP contribution is -2.08. The zero-order valence-electron chi connectivity index (χ0n) is 13.3. The quantitative estimate of drug-likeness (QED) is 0.210. The van der Waals surface area contributed by atoms with Crippen molar-refractivity contribution in [3.63, 3.8) is 0 Å². The third-order valence-electron chi connectivity index (χ3n) is 4.03. The Morgan fingerprint density at radius 2 is 1.67 bits per heavy atom. The number of hydrogen-bond donors (Lipinski definition) is 1. The minimum absolute atomic E-state index is 0.0952. The van der Waals surface area contributed by atoms with E-state index in [4.69, 9.17) is 4.89 Å². The van der Waals surface area contributed by atoms with Crippen LogP contribution in [0, 0.1) is 0 Å². The van der Waals surface area contributed by atoms with Crippen LogP contribution in [0.4, 0.5) is 0 Å². The highest BCUT2D eigenvalue weighted by atomic mass is 17.2. The van der Waals surface area contributed by atoms with Gasteiger partial charge in [0.2, 0.25) is 5.76 Å². The fraction of sp³-hybridized carbons (Fsp3) is 0.211. The summed E-state index contributed by atoms with van der Waals surface area (Å²) in [6, 6.07) is 16.4. The number of methoxy groups -OCH3 is 1. The van der Waals surface area contributed by atoms with Gasteiger partial charge in [0.25, 0.3) is 0 Å². The lowest BCUT2D eigenvalue weighted by Gasteiger charge is -2.12. The average Bonchev–Trinajstić information content (AvgIpc) is 2.92. The Morgan fingerprint density at radius 3 is 2.21 bits per heavy atom. The van der Waals surface area contributed by atoms with Gasteiger partial charge in [0.15, 0.2) is 6.79 Å². The van der Waals surface area contributed by atoms with Crippen molar-refractivity contribution in [1.29, 1.82) is 0 Å². The summed E-state index contributed by atoms with van der Waals surface area (Å²) in [5.74, 6) is -1.32. The summed E-state index contributed by atoms with van der Waals surface area (Å²) in [4.78, 5) is 20.8. The van der Waals surface area contributed by atoms with Gasteiger partial charge in [-0.1, -0.05) is 48.5 Å². The van der Waals surface area contributed by atoms with Crippen LogP contribution in [-0.4, -0.2) is 25.0 Å². The monoisotopic (exact) mass is 326 g/mol. The van der Waals surface area contributed by atoms with E-state index < -0.39 is 5.97 Å². The molecule has 5 heteroatoms. The maximum Gasteiger partial charge on any atom is 0.375 e. The molecule has 0 aromatic heterocycles. The summed E-state index contributed by atoms with van der Waals surface area (Å²) in [5, 5.41) is 9.22. The van der Waals surface area contributed by atoms with E-state index in [9.17, 15) is 9.90 Å². The Morgan fingerprint density at radius 1 is 1.08 bits per heavy atom. The maximum atomic E-state index is 11.3. The maximum absolute atomic E-state index is 11.3. The van der Waals surface area contributed by atoms with Crippen molar-refractivity contribution >= 4 is 5.97 Å².